The van der Waals surface area contributed by atoms with Crippen molar-refractivity contribution in [2.75, 3.05) is 24.7 Å². The van der Waals surface area contributed by atoms with E-state index in [4.69, 9.17) is 22.1 Å². The van der Waals surface area contributed by atoms with Crippen molar-refractivity contribution in [2.24, 2.45) is 17.6 Å². The molecule has 2 heterocycles. The fourth-order valence-corrected chi connectivity index (χ4v) is 5.60. The third kappa shape index (κ3) is 3.20. The molecule has 0 radical (unpaired) electrons. The molecular weight excluding hydrogens is 310 g/mol. The Morgan fingerprint density at radius 2 is 2.24 bits per heavy atom. The first kappa shape index (κ1) is 15.1. The fourth-order valence-electron chi connectivity index (χ4n) is 3.42. The molecule has 1 aromatic rings. The van der Waals surface area contributed by atoms with E-state index in [1.54, 1.807) is 0 Å². The van der Waals surface area contributed by atoms with E-state index in [2.05, 4.69) is 0 Å². The highest BCUT2D eigenvalue weighted by molar-refractivity contribution is 7.91. The normalized spacial score (nSPS) is 24.6. The molecule has 0 saturated carbocycles. The summed E-state index contributed by atoms with van der Waals surface area (Å²) in [6, 6.07) is 3.88. The number of nitrogens with two attached hydrogens (primary N) is 1. The van der Waals surface area contributed by atoms with Gasteiger partial charge in [0.1, 0.15) is 5.75 Å². The maximum absolute atomic E-state index is 11.7. The zero-order valence-corrected chi connectivity index (χ0v) is 13.4. The van der Waals surface area contributed by atoms with Crippen LogP contribution in [-0.2, 0) is 22.7 Å². The maximum Gasteiger partial charge on any atom is 0.150 e. The van der Waals surface area contributed by atoms with Gasteiger partial charge in [0.15, 0.2) is 9.84 Å². The van der Waals surface area contributed by atoms with Gasteiger partial charge in [-0.3, -0.25) is 0 Å². The number of rotatable bonds is 4. The number of ether oxygens (including phenoxy) is 1. The van der Waals surface area contributed by atoms with E-state index in [1.165, 1.54) is 0 Å². The summed E-state index contributed by atoms with van der Waals surface area (Å²) >= 11 is 6.18. The molecule has 0 aliphatic carbocycles. The van der Waals surface area contributed by atoms with Crippen molar-refractivity contribution < 1.29 is 13.2 Å². The highest BCUT2D eigenvalue weighted by Crippen LogP contribution is 2.36. The largest absolute Gasteiger partial charge is 0.493 e. The van der Waals surface area contributed by atoms with Crippen molar-refractivity contribution in [2.45, 2.75) is 19.3 Å². The van der Waals surface area contributed by atoms with Gasteiger partial charge in [-0.1, -0.05) is 11.6 Å². The van der Waals surface area contributed by atoms with Crippen molar-refractivity contribution in [1.29, 1.82) is 0 Å². The lowest BCUT2D eigenvalue weighted by atomic mass is 9.86. The summed E-state index contributed by atoms with van der Waals surface area (Å²) in [7, 11) is -2.88. The molecule has 1 saturated heterocycles. The quantitative estimate of drug-likeness (QED) is 0.915. The van der Waals surface area contributed by atoms with Gasteiger partial charge in [-0.15, -0.1) is 0 Å². The van der Waals surface area contributed by atoms with Crippen LogP contribution < -0.4 is 10.5 Å². The van der Waals surface area contributed by atoms with Crippen LogP contribution in [0.25, 0.3) is 0 Å². The molecule has 2 N–H and O–H groups in total. The van der Waals surface area contributed by atoms with E-state index in [0.29, 0.717) is 24.6 Å². The van der Waals surface area contributed by atoms with Crippen molar-refractivity contribution in [3.63, 3.8) is 0 Å². The van der Waals surface area contributed by atoms with E-state index in [-0.39, 0.29) is 23.3 Å². The van der Waals surface area contributed by atoms with Gasteiger partial charge in [-0.2, -0.15) is 0 Å². The van der Waals surface area contributed by atoms with Crippen LogP contribution in [0.2, 0.25) is 5.02 Å². The third-order valence-electron chi connectivity index (χ3n) is 4.54. The number of halogens is 1. The van der Waals surface area contributed by atoms with E-state index in [0.717, 1.165) is 29.7 Å². The maximum atomic E-state index is 11.7. The summed E-state index contributed by atoms with van der Waals surface area (Å²) in [5.41, 5.74) is 8.11. The van der Waals surface area contributed by atoms with E-state index in [9.17, 15) is 8.42 Å². The molecule has 2 atom stereocenters. The molecule has 2 unspecified atom stereocenters. The molecule has 0 spiro atoms. The van der Waals surface area contributed by atoms with Gasteiger partial charge < -0.3 is 10.5 Å². The number of sulfone groups is 1. The van der Waals surface area contributed by atoms with Crippen LogP contribution in [0.15, 0.2) is 12.1 Å². The minimum Gasteiger partial charge on any atom is -0.493 e. The summed E-state index contributed by atoms with van der Waals surface area (Å²) < 4.78 is 29.1. The number of fused-ring (bicyclic) bond motifs is 1. The molecule has 0 bridgehead atoms. The molecule has 3 rings (SSSR count). The first-order valence-corrected chi connectivity index (χ1v) is 9.53. The Kier molecular flexibility index (Phi) is 4.17. The lowest BCUT2D eigenvalue weighted by molar-refractivity contribution is 0.339. The zero-order chi connectivity index (χ0) is 15.0. The molecule has 4 nitrogen and oxygen atoms in total. The van der Waals surface area contributed by atoms with Crippen molar-refractivity contribution >= 4 is 21.4 Å². The van der Waals surface area contributed by atoms with E-state index < -0.39 is 9.84 Å². The van der Waals surface area contributed by atoms with Crippen molar-refractivity contribution in [3.05, 3.63) is 28.3 Å². The Balaban J connectivity index is 1.82. The van der Waals surface area contributed by atoms with Crippen LogP contribution in [0.4, 0.5) is 0 Å². The molecule has 21 heavy (non-hydrogen) atoms. The molecule has 2 aliphatic heterocycles. The summed E-state index contributed by atoms with van der Waals surface area (Å²) in [5.74, 6) is 1.79. The second-order valence-corrected chi connectivity index (χ2v) is 8.68. The minimum absolute atomic E-state index is 0.149. The summed E-state index contributed by atoms with van der Waals surface area (Å²) in [6.45, 7) is 1.18. The first-order valence-electron chi connectivity index (χ1n) is 7.33. The Labute approximate surface area is 130 Å². The van der Waals surface area contributed by atoms with Gasteiger partial charge >= 0.3 is 0 Å². The average Bonchev–Trinajstić information content (AvgIpc) is 3.01. The fraction of sp³-hybridized carbons (Fsp3) is 0.600. The van der Waals surface area contributed by atoms with Gasteiger partial charge in [0.2, 0.25) is 0 Å². The van der Waals surface area contributed by atoms with Crippen molar-refractivity contribution in [3.8, 4) is 5.75 Å². The van der Waals surface area contributed by atoms with E-state index >= 15 is 0 Å². The Morgan fingerprint density at radius 1 is 1.43 bits per heavy atom. The van der Waals surface area contributed by atoms with Gasteiger partial charge in [-0.05, 0) is 54.5 Å². The Hall–Kier alpha value is -0.780. The van der Waals surface area contributed by atoms with Gasteiger partial charge in [0.25, 0.3) is 0 Å². The minimum atomic E-state index is -2.88. The van der Waals surface area contributed by atoms with Gasteiger partial charge in [0, 0.05) is 11.4 Å². The van der Waals surface area contributed by atoms with Crippen LogP contribution in [0, 0.1) is 11.8 Å². The predicted molar refractivity (Wildman–Crippen MR) is 83.7 cm³/mol. The summed E-state index contributed by atoms with van der Waals surface area (Å²) in [5, 5.41) is 0.712. The van der Waals surface area contributed by atoms with Crippen LogP contribution in [0.1, 0.15) is 17.5 Å². The topological polar surface area (TPSA) is 69.4 Å². The molecule has 0 aromatic heterocycles. The second-order valence-electron chi connectivity index (χ2n) is 6.01. The summed E-state index contributed by atoms with van der Waals surface area (Å²) in [6.07, 6.45) is 2.33. The Morgan fingerprint density at radius 3 is 2.90 bits per heavy atom. The average molecular weight is 330 g/mol. The first-order chi connectivity index (χ1) is 9.98. The monoisotopic (exact) mass is 329 g/mol. The molecule has 0 amide bonds. The standard InChI is InChI=1S/C15H20ClNO3S/c16-14-6-10-1-3-20-15(10)12(7-14)5-13(8-17)11-2-4-21(18,19)9-11/h6-7,11,13H,1-5,8-9,17H2. The summed E-state index contributed by atoms with van der Waals surface area (Å²) in [4.78, 5) is 0. The lowest BCUT2D eigenvalue weighted by Gasteiger charge is -2.22. The second kappa shape index (κ2) is 5.78. The zero-order valence-electron chi connectivity index (χ0n) is 11.8. The van der Waals surface area contributed by atoms with Gasteiger partial charge in [0.05, 0.1) is 18.1 Å². The number of benzene rings is 1. The molecule has 1 fully saturated rings. The molecule has 2 aliphatic rings. The lowest BCUT2D eigenvalue weighted by Crippen LogP contribution is -2.26. The molecule has 116 valence electrons. The third-order valence-corrected chi connectivity index (χ3v) is 6.56. The van der Waals surface area contributed by atoms with Gasteiger partial charge in [-0.25, -0.2) is 8.42 Å². The highest BCUT2D eigenvalue weighted by Gasteiger charge is 2.33. The number of hydrogen-bond acceptors (Lipinski definition) is 4. The smallest absolute Gasteiger partial charge is 0.150 e. The number of hydrogen-bond donors (Lipinski definition) is 1. The molecule has 6 heteroatoms. The predicted octanol–water partition coefficient (Wildman–Crippen LogP) is 1.83. The highest BCUT2D eigenvalue weighted by atomic mass is 35.5. The van der Waals surface area contributed by atoms with E-state index in [1.807, 2.05) is 12.1 Å². The van der Waals surface area contributed by atoms with Crippen LogP contribution >= 0.6 is 11.6 Å². The van der Waals surface area contributed by atoms with Crippen LogP contribution in [0.3, 0.4) is 0 Å². The van der Waals surface area contributed by atoms with Crippen LogP contribution in [-0.4, -0.2) is 33.1 Å². The molecular formula is C15H20ClNO3S. The Bertz CT molecular complexity index is 645. The molecule has 1 aromatic carbocycles. The van der Waals surface area contributed by atoms with Crippen molar-refractivity contribution in [1.82, 2.24) is 0 Å². The SMILES string of the molecule is NCC(Cc1cc(Cl)cc2c1OCC2)C1CCS(=O)(=O)C1. The van der Waals surface area contributed by atoms with Crippen LogP contribution in [0.5, 0.6) is 5.75 Å².